The fraction of sp³-hybridized carbons (Fsp3) is 0.917. The van der Waals surface area contributed by atoms with Gasteiger partial charge in [-0.25, -0.2) is 4.79 Å². The Morgan fingerprint density at radius 1 is 1.07 bits per heavy atom. The van der Waals surface area contributed by atoms with Gasteiger partial charge in [0.2, 0.25) is 0 Å². The highest BCUT2D eigenvalue weighted by Gasteiger charge is 2.86. The lowest BCUT2D eigenvalue weighted by Crippen LogP contribution is -2.66. The minimum absolute atomic E-state index is 0.0507. The molecule has 8 nitrogen and oxygen atoms in total. The maximum atomic E-state index is 12.7. The van der Waals surface area contributed by atoms with Gasteiger partial charge in [0.25, 0.3) is 0 Å². The molecule has 1 saturated heterocycles. The van der Waals surface area contributed by atoms with Gasteiger partial charge >= 0.3 is 5.97 Å². The van der Waals surface area contributed by atoms with E-state index >= 15 is 0 Å². The molecular weight excluding hydrogens is 560 g/mol. The van der Waals surface area contributed by atoms with Gasteiger partial charge in [-0.15, -0.1) is 0 Å². The number of esters is 1. The van der Waals surface area contributed by atoms with Gasteiger partial charge < -0.3 is 34.6 Å². The van der Waals surface area contributed by atoms with Crippen molar-refractivity contribution in [3.8, 4) is 0 Å². The SMILES string of the molecule is CO[C@H]1O[C@@H]([C@@H](O)[C@@](C)(O)CO)C[C@H]1[C@@H]1CC[C@]23C[C@]12CC[C@@H]1[C@@]2(C)CC[C@H](OC(=O)C=C(C)C)C(C)(C)[C@@H]2C[C@@H](O)[C@]13C. The Morgan fingerprint density at radius 2 is 1.77 bits per heavy atom. The maximum Gasteiger partial charge on any atom is 0.330 e. The Kier molecular flexibility index (Phi) is 7.84. The molecule has 250 valence electrons. The zero-order chi connectivity index (χ0) is 32.3. The van der Waals surface area contributed by atoms with Crippen LogP contribution >= 0.6 is 0 Å². The molecule has 1 heterocycles. The monoisotopic (exact) mass is 618 g/mol. The summed E-state index contributed by atoms with van der Waals surface area (Å²) in [5, 5.41) is 43.5. The minimum atomic E-state index is -1.64. The van der Waals surface area contributed by atoms with Crippen LogP contribution in [0.3, 0.4) is 0 Å². The molecular formula is C36H58O8. The summed E-state index contributed by atoms with van der Waals surface area (Å²) in [4.78, 5) is 12.7. The molecule has 0 bridgehead atoms. The molecule has 0 spiro atoms. The minimum Gasteiger partial charge on any atom is -0.459 e. The summed E-state index contributed by atoms with van der Waals surface area (Å²) < 4.78 is 18.2. The summed E-state index contributed by atoms with van der Waals surface area (Å²) in [5.74, 6) is 0.834. The summed E-state index contributed by atoms with van der Waals surface area (Å²) in [6, 6.07) is 0. The number of allylic oxidation sites excluding steroid dienone is 1. The van der Waals surface area contributed by atoms with E-state index in [2.05, 4.69) is 27.7 Å². The summed E-state index contributed by atoms with van der Waals surface area (Å²) >= 11 is 0. The molecule has 5 saturated carbocycles. The molecule has 14 atom stereocenters. The van der Waals surface area contributed by atoms with Crippen molar-refractivity contribution in [1.29, 1.82) is 0 Å². The average molecular weight is 619 g/mol. The summed E-state index contributed by atoms with van der Waals surface area (Å²) in [5.41, 5.74) is -0.902. The predicted molar refractivity (Wildman–Crippen MR) is 165 cm³/mol. The summed E-state index contributed by atoms with van der Waals surface area (Å²) in [7, 11) is 1.66. The zero-order valence-electron chi connectivity index (χ0n) is 28.3. The lowest BCUT2D eigenvalue weighted by Gasteiger charge is -2.68. The summed E-state index contributed by atoms with van der Waals surface area (Å²) in [6.45, 7) is 14.1. The second-order valence-corrected chi connectivity index (χ2v) is 17.4. The van der Waals surface area contributed by atoms with Crippen LogP contribution in [-0.4, -0.2) is 76.4 Å². The first kappa shape index (κ1) is 32.9. The second-order valence-electron chi connectivity index (χ2n) is 17.4. The van der Waals surface area contributed by atoms with Crippen LogP contribution in [0.4, 0.5) is 0 Å². The van der Waals surface area contributed by atoms with Crippen LogP contribution < -0.4 is 0 Å². The number of hydrogen-bond donors (Lipinski definition) is 4. The molecule has 0 radical (unpaired) electrons. The highest BCUT2D eigenvalue weighted by Crippen LogP contribution is 2.91. The van der Waals surface area contributed by atoms with E-state index in [0.717, 1.165) is 56.9 Å². The molecule has 44 heavy (non-hydrogen) atoms. The van der Waals surface area contributed by atoms with Crippen molar-refractivity contribution in [3.05, 3.63) is 11.6 Å². The first-order valence-electron chi connectivity index (χ1n) is 17.2. The Morgan fingerprint density at radius 3 is 2.41 bits per heavy atom. The first-order chi connectivity index (χ1) is 20.4. The topological polar surface area (TPSA) is 126 Å². The van der Waals surface area contributed by atoms with E-state index in [1.165, 1.54) is 6.92 Å². The van der Waals surface area contributed by atoms with E-state index in [1.54, 1.807) is 13.2 Å². The van der Waals surface area contributed by atoms with Crippen LogP contribution in [0.1, 0.15) is 106 Å². The normalized spacial score (nSPS) is 50.7. The third-order valence-corrected chi connectivity index (χ3v) is 15.0. The Labute approximate surface area is 263 Å². The van der Waals surface area contributed by atoms with Crippen LogP contribution in [0.25, 0.3) is 0 Å². The molecule has 6 fully saturated rings. The molecule has 6 rings (SSSR count). The largest absolute Gasteiger partial charge is 0.459 e. The Balaban J connectivity index is 1.26. The average Bonchev–Trinajstić information content (AvgIpc) is 3.27. The molecule has 1 aliphatic heterocycles. The number of ether oxygens (including phenoxy) is 3. The number of carbonyl (C=O) groups excluding carboxylic acids is 1. The Hall–Kier alpha value is -1.03. The van der Waals surface area contributed by atoms with E-state index in [-0.39, 0.29) is 51.0 Å². The number of rotatable bonds is 7. The fourth-order valence-electron chi connectivity index (χ4n) is 12.9. The lowest BCUT2D eigenvalue weighted by atomic mass is 9.37. The smallest absolute Gasteiger partial charge is 0.330 e. The van der Waals surface area contributed by atoms with E-state index < -0.39 is 36.8 Å². The Bertz CT molecular complexity index is 1180. The molecule has 5 aliphatic carbocycles. The highest BCUT2D eigenvalue weighted by atomic mass is 16.7. The van der Waals surface area contributed by atoms with E-state index in [0.29, 0.717) is 18.3 Å². The van der Waals surface area contributed by atoms with Gasteiger partial charge in [0.05, 0.1) is 18.8 Å². The highest BCUT2D eigenvalue weighted by molar-refractivity contribution is 5.82. The third kappa shape index (κ3) is 4.26. The maximum absolute atomic E-state index is 12.7. The number of aliphatic hydroxyl groups is 4. The molecule has 0 aromatic heterocycles. The van der Waals surface area contributed by atoms with Crippen LogP contribution in [0.5, 0.6) is 0 Å². The van der Waals surface area contributed by atoms with Gasteiger partial charge in [0.15, 0.2) is 6.29 Å². The molecule has 0 amide bonds. The second kappa shape index (κ2) is 10.5. The molecule has 8 heteroatoms. The van der Waals surface area contributed by atoms with Crippen molar-refractivity contribution >= 4 is 5.97 Å². The molecule has 6 aliphatic rings. The van der Waals surface area contributed by atoms with Crippen LogP contribution in [0.15, 0.2) is 11.6 Å². The van der Waals surface area contributed by atoms with E-state index in [1.807, 2.05) is 13.8 Å². The van der Waals surface area contributed by atoms with Crippen molar-refractivity contribution < 1.29 is 39.4 Å². The van der Waals surface area contributed by atoms with Gasteiger partial charge in [-0.3, -0.25) is 0 Å². The van der Waals surface area contributed by atoms with Crippen LogP contribution in [0.2, 0.25) is 0 Å². The van der Waals surface area contributed by atoms with E-state index in [9.17, 15) is 25.2 Å². The first-order valence-corrected chi connectivity index (χ1v) is 17.2. The predicted octanol–water partition coefficient (Wildman–Crippen LogP) is 4.76. The number of methoxy groups -OCH3 is 1. The van der Waals surface area contributed by atoms with Crippen molar-refractivity contribution in [2.24, 2.45) is 50.7 Å². The summed E-state index contributed by atoms with van der Waals surface area (Å²) in [6.07, 6.45) is 7.35. The van der Waals surface area contributed by atoms with Crippen molar-refractivity contribution in [2.45, 2.75) is 143 Å². The number of carbonyl (C=O) groups is 1. The van der Waals surface area contributed by atoms with Crippen molar-refractivity contribution in [1.82, 2.24) is 0 Å². The van der Waals surface area contributed by atoms with Crippen molar-refractivity contribution in [3.63, 3.8) is 0 Å². The lowest BCUT2D eigenvalue weighted by molar-refractivity contribution is -0.245. The number of hydrogen-bond acceptors (Lipinski definition) is 8. The third-order valence-electron chi connectivity index (χ3n) is 15.0. The van der Waals surface area contributed by atoms with E-state index in [4.69, 9.17) is 14.2 Å². The van der Waals surface area contributed by atoms with Crippen LogP contribution in [0, 0.1) is 50.7 Å². The molecule has 0 aromatic carbocycles. The molecule has 0 aromatic rings. The van der Waals surface area contributed by atoms with Gasteiger partial charge in [0.1, 0.15) is 17.8 Å². The molecule has 4 N–H and O–H groups in total. The van der Waals surface area contributed by atoms with Gasteiger partial charge in [-0.1, -0.05) is 33.3 Å². The van der Waals surface area contributed by atoms with Gasteiger partial charge in [-0.2, -0.15) is 0 Å². The quantitative estimate of drug-likeness (QED) is 0.238. The zero-order valence-corrected chi connectivity index (χ0v) is 28.3. The molecule has 0 unspecified atom stereocenters. The van der Waals surface area contributed by atoms with Gasteiger partial charge in [-0.05, 0) is 113 Å². The number of fused-ring (bicyclic) bond motifs is 3. The van der Waals surface area contributed by atoms with Gasteiger partial charge in [0, 0.05) is 29.9 Å². The fourth-order valence-corrected chi connectivity index (χ4v) is 12.9. The standard InChI is InChI=1S/C36H58O8/c1-20(2)15-28(39)44-27-11-12-32(5)24-10-13-35-18-36(35,34(24,7)26(38)17-25(32)31(27,3)4)14-9-22(35)21-16-23(43-30(21)42-8)29(40)33(6,41)19-37/h15,21-27,29-30,37-38,40-41H,9-14,16-19H2,1-8H3/t21-,22-,23+,24+,25-,26+,27-,29+,30-,32+,33-,34-,35+,36+/m0/s1. The van der Waals surface area contributed by atoms with Crippen molar-refractivity contribution in [2.75, 3.05) is 13.7 Å². The van der Waals surface area contributed by atoms with Crippen LogP contribution in [-0.2, 0) is 19.0 Å². The number of aliphatic hydroxyl groups excluding tert-OH is 3.